The second kappa shape index (κ2) is 8.47. The van der Waals surface area contributed by atoms with Gasteiger partial charge < -0.3 is 26.0 Å². The predicted molar refractivity (Wildman–Crippen MR) is 130 cm³/mol. The maximum absolute atomic E-state index is 11.2. The van der Waals surface area contributed by atoms with E-state index in [1.807, 2.05) is 6.92 Å². The standard InChI is InChI=1S/C24H31N5O3S/c1-12-8-17-18(9-13(12)2)33-22(27-17)19-14(3)26-23(25-10-15-4-5-15)28-21(19)29-24(32)7-6-16(11-30)20(24)31/h8-9,15-16,20,30-32H,4-7,10-11H2,1-3H3,(H2,25,26,28,29). The minimum absolute atomic E-state index is 0.175. The van der Waals surface area contributed by atoms with E-state index in [9.17, 15) is 15.3 Å². The van der Waals surface area contributed by atoms with E-state index >= 15 is 0 Å². The zero-order chi connectivity index (χ0) is 23.3. The van der Waals surface area contributed by atoms with Crippen molar-refractivity contribution in [3.05, 3.63) is 29.0 Å². The number of nitrogens with one attached hydrogen (secondary N) is 2. The van der Waals surface area contributed by atoms with Crippen LogP contribution in [0.4, 0.5) is 11.8 Å². The monoisotopic (exact) mass is 469 g/mol. The number of hydrogen-bond donors (Lipinski definition) is 5. The van der Waals surface area contributed by atoms with Crippen molar-refractivity contribution in [3.8, 4) is 10.6 Å². The Bertz CT molecular complexity index is 1160. The maximum atomic E-state index is 11.2. The van der Waals surface area contributed by atoms with Crippen molar-refractivity contribution >= 4 is 33.3 Å². The van der Waals surface area contributed by atoms with E-state index in [-0.39, 0.29) is 12.5 Å². The highest BCUT2D eigenvalue weighted by Gasteiger charge is 2.47. The van der Waals surface area contributed by atoms with Crippen molar-refractivity contribution in [1.82, 2.24) is 15.0 Å². The van der Waals surface area contributed by atoms with Crippen molar-refractivity contribution in [2.24, 2.45) is 11.8 Å². The van der Waals surface area contributed by atoms with Gasteiger partial charge in [0.25, 0.3) is 0 Å². The largest absolute Gasteiger partial charge is 0.396 e. The molecule has 2 aliphatic rings. The number of aliphatic hydroxyl groups is 3. The first-order chi connectivity index (χ1) is 15.8. The number of thiazole rings is 1. The number of nitrogens with zero attached hydrogens (tertiary/aromatic N) is 3. The molecule has 2 saturated carbocycles. The minimum Gasteiger partial charge on any atom is -0.396 e. The molecular weight excluding hydrogens is 438 g/mol. The van der Waals surface area contributed by atoms with Crippen molar-refractivity contribution in [3.63, 3.8) is 0 Å². The third-order valence-electron chi connectivity index (χ3n) is 6.95. The number of aliphatic hydroxyl groups excluding tert-OH is 2. The fourth-order valence-electron chi connectivity index (χ4n) is 4.48. The van der Waals surface area contributed by atoms with Gasteiger partial charge in [0.15, 0.2) is 5.72 Å². The average molecular weight is 470 g/mol. The summed E-state index contributed by atoms with van der Waals surface area (Å²) in [4.78, 5) is 14.3. The first-order valence-corrected chi connectivity index (χ1v) is 12.4. The van der Waals surface area contributed by atoms with E-state index in [1.54, 1.807) is 11.3 Å². The van der Waals surface area contributed by atoms with Crippen LogP contribution in [0, 0.1) is 32.6 Å². The lowest BCUT2D eigenvalue weighted by atomic mass is 10.0. The maximum Gasteiger partial charge on any atom is 0.224 e. The van der Waals surface area contributed by atoms with Gasteiger partial charge in [-0.1, -0.05) is 0 Å². The van der Waals surface area contributed by atoms with Gasteiger partial charge in [-0.25, -0.2) is 9.97 Å². The summed E-state index contributed by atoms with van der Waals surface area (Å²) >= 11 is 1.56. The lowest BCUT2D eigenvalue weighted by Crippen LogP contribution is -2.48. The molecule has 5 N–H and O–H groups in total. The van der Waals surface area contributed by atoms with Gasteiger partial charge in [0.05, 0.1) is 21.5 Å². The van der Waals surface area contributed by atoms with E-state index in [0.717, 1.165) is 33.0 Å². The van der Waals surface area contributed by atoms with E-state index < -0.39 is 11.8 Å². The highest BCUT2D eigenvalue weighted by atomic mass is 32.1. The molecule has 33 heavy (non-hydrogen) atoms. The summed E-state index contributed by atoms with van der Waals surface area (Å²) < 4.78 is 1.08. The lowest BCUT2D eigenvalue weighted by Gasteiger charge is -2.31. The number of fused-ring (bicyclic) bond motifs is 1. The van der Waals surface area contributed by atoms with Gasteiger partial charge in [0.2, 0.25) is 5.95 Å². The molecule has 3 aromatic rings. The Hall–Kier alpha value is -2.33. The van der Waals surface area contributed by atoms with Gasteiger partial charge in [-0.05, 0) is 75.6 Å². The van der Waals surface area contributed by atoms with Gasteiger partial charge in [0.1, 0.15) is 16.9 Å². The molecule has 3 unspecified atom stereocenters. The van der Waals surface area contributed by atoms with Crippen molar-refractivity contribution in [1.29, 1.82) is 0 Å². The number of rotatable bonds is 7. The SMILES string of the molecule is Cc1cc2nc(-c3c(C)nc(NCC4CC4)nc3NC3(O)CCC(CO)C3O)sc2cc1C. The zero-order valence-corrected chi connectivity index (χ0v) is 20.0. The molecule has 0 saturated heterocycles. The topological polar surface area (TPSA) is 123 Å². The molecule has 0 amide bonds. The third kappa shape index (κ3) is 4.30. The number of aromatic nitrogens is 3. The van der Waals surface area contributed by atoms with Crippen LogP contribution < -0.4 is 10.6 Å². The first-order valence-electron chi connectivity index (χ1n) is 11.6. The first kappa shape index (κ1) is 22.5. The number of aryl methyl sites for hydroxylation is 3. The molecule has 0 aliphatic heterocycles. The van der Waals surface area contributed by atoms with Gasteiger partial charge in [-0.15, -0.1) is 11.3 Å². The van der Waals surface area contributed by atoms with Crippen LogP contribution in [-0.2, 0) is 0 Å². The van der Waals surface area contributed by atoms with E-state index in [1.165, 1.54) is 24.0 Å². The molecule has 5 rings (SSSR count). The summed E-state index contributed by atoms with van der Waals surface area (Å²) in [6.07, 6.45) is 2.16. The van der Waals surface area contributed by atoms with Crippen LogP contribution in [0.3, 0.4) is 0 Å². The van der Waals surface area contributed by atoms with Crippen molar-refractivity contribution < 1.29 is 15.3 Å². The fourth-order valence-corrected chi connectivity index (χ4v) is 5.62. The lowest BCUT2D eigenvalue weighted by molar-refractivity contribution is -0.0545. The smallest absolute Gasteiger partial charge is 0.224 e. The summed E-state index contributed by atoms with van der Waals surface area (Å²) in [5.41, 5.74) is 3.19. The van der Waals surface area contributed by atoms with Crippen molar-refractivity contribution in [2.75, 3.05) is 23.8 Å². The van der Waals surface area contributed by atoms with Crippen LogP contribution in [0.5, 0.6) is 0 Å². The number of hydrogen-bond acceptors (Lipinski definition) is 9. The molecule has 9 heteroatoms. The quantitative estimate of drug-likeness (QED) is 0.334. The van der Waals surface area contributed by atoms with Crippen molar-refractivity contribution in [2.45, 2.75) is 58.3 Å². The summed E-state index contributed by atoms with van der Waals surface area (Å²) in [5, 5.41) is 38.7. The number of benzene rings is 1. The van der Waals surface area contributed by atoms with Gasteiger partial charge in [0, 0.05) is 19.1 Å². The highest BCUT2D eigenvalue weighted by Crippen LogP contribution is 2.41. The fraction of sp³-hybridized carbons (Fsp3) is 0.542. The Morgan fingerprint density at radius 2 is 1.85 bits per heavy atom. The Morgan fingerprint density at radius 3 is 2.55 bits per heavy atom. The Morgan fingerprint density at radius 1 is 1.09 bits per heavy atom. The second-order valence-electron chi connectivity index (χ2n) is 9.58. The Labute approximate surface area is 197 Å². The van der Waals surface area contributed by atoms with Gasteiger partial charge in [-0.2, -0.15) is 4.98 Å². The third-order valence-corrected chi connectivity index (χ3v) is 7.99. The molecule has 0 bridgehead atoms. The van der Waals surface area contributed by atoms with E-state index in [2.05, 4.69) is 41.6 Å². The molecule has 176 valence electrons. The minimum atomic E-state index is -1.58. The molecule has 2 aromatic heterocycles. The average Bonchev–Trinajstić information content (AvgIpc) is 3.45. The summed E-state index contributed by atoms with van der Waals surface area (Å²) in [6, 6.07) is 4.22. The van der Waals surface area contributed by atoms with Crippen LogP contribution >= 0.6 is 11.3 Å². The van der Waals surface area contributed by atoms with Crippen LogP contribution in [0.25, 0.3) is 20.8 Å². The van der Waals surface area contributed by atoms with Gasteiger partial charge >= 0.3 is 0 Å². The molecular formula is C24H31N5O3S. The molecule has 1 aromatic carbocycles. The van der Waals surface area contributed by atoms with Crippen LogP contribution in [0.15, 0.2) is 12.1 Å². The van der Waals surface area contributed by atoms with Crippen LogP contribution in [0.2, 0.25) is 0 Å². The molecule has 2 fully saturated rings. The summed E-state index contributed by atoms with van der Waals surface area (Å²) in [7, 11) is 0. The molecule has 0 spiro atoms. The summed E-state index contributed by atoms with van der Waals surface area (Å²) in [6.45, 7) is 6.72. The number of anilines is 2. The highest BCUT2D eigenvalue weighted by molar-refractivity contribution is 7.21. The van der Waals surface area contributed by atoms with E-state index in [0.29, 0.717) is 30.5 Å². The molecule has 2 heterocycles. The predicted octanol–water partition coefficient (Wildman–Crippen LogP) is 3.36. The van der Waals surface area contributed by atoms with Crippen LogP contribution in [-0.4, -0.2) is 55.3 Å². The summed E-state index contributed by atoms with van der Waals surface area (Å²) in [5.74, 6) is 1.21. The molecule has 3 atom stereocenters. The van der Waals surface area contributed by atoms with Gasteiger partial charge in [-0.3, -0.25) is 0 Å². The second-order valence-corrected chi connectivity index (χ2v) is 10.6. The molecule has 2 aliphatic carbocycles. The Kier molecular flexibility index (Phi) is 5.76. The normalized spacial score (nSPS) is 25.0. The zero-order valence-electron chi connectivity index (χ0n) is 19.2. The molecule has 8 nitrogen and oxygen atoms in total. The van der Waals surface area contributed by atoms with E-state index in [4.69, 9.17) is 9.97 Å². The van der Waals surface area contributed by atoms with Crippen LogP contribution in [0.1, 0.15) is 42.5 Å². The molecule has 0 radical (unpaired) electrons. The Balaban J connectivity index is 1.57.